The molecule has 0 aliphatic carbocycles. The van der Waals surface area contributed by atoms with Gasteiger partial charge < -0.3 is 24.1 Å². The molecule has 0 radical (unpaired) electrons. The molecule has 0 atom stereocenters. The van der Waals surface area contributed by atoms with Crippen LogP contribution in [0.25, 0.3) is 0 Å². The molecular formula is C21H28IN7O2S. The van der Waals surface area contributed by atoms with Crippen LogP contribution in [0, 0.1) is 0 Å². The first-order valence-corrected chi connectivity index (χ1v) is 11.4. The van der Waals surface area contributed by atoms with Gasteiger partial charge in [-0.3, -0.25) is 4.79 Å². The van der Waals surface area contributed by atoms with Crippen LogP contribution in [-0.2, 0) is 19.5 Å². The van der Waals surface area contributed by atoms with E-state index in [2.05, 4.69) is 43.4 Å². The Morgan fingerprint density at radius 3 is 2.72 bits per heavy atom. The van der Waals surface area contributed by atoms with E-state index in [1.54, 1.807) is 29.8 Å². The minimum Gasteiger partial charge on any atom is -0.459 e. The maximum atomic E-state index is 12.5. The van der Waals surface area contributed by atoms with Gasteiger partial charge in [0.25, 0.3) is 5.91 Å². The van der Waals surface area contributed by atoms with Gasteiger partial charge in [-0.1, -0.05) is 13.0 Å². The van der Waals surface area contributed by atoms with E-state index in [9.17, 15) is 4.79 Å². The van der Waals surface area contributed by atoms with Gasteiger partial charge in [0, 0.05) is 50.6 Å². The summed E-state index contributed by atoms with van der Waals surface area (Å²) in [7, 11) is 0. The Morgan fingerprint density at radius 2 is 2.03 bits per heavy atom. The molecule has 0 aromatic carbocycles. The van der Waals surface area contributed by atoms with E-state index in [1.165, 1.54) is 11.1 Å². The Bertz CT molecular complexity index is 980. The average molecular weight is 569 g/mol. The van der Waals surface area contributed by atoms with Crippen LogP contribution in [0.5, 0.6) is 0 Å². The zero-order chi connectivity index (χ0) is 21.5. The van der Waals surface area contributed by atoms with Crippen LogP contribution in [0.2, 0.25) is 0 Å². The van der Waals surface area contributed by atoms with Crippen LogP contribution < -0.4 is 5.32 Å². The lowest BCUT2D eigenvalue weighted by Crippen LogP contribution is -2.54. The lowest BCUT2D eigenvalue weighted by atomic mass is 10.3. The number of aromatic nitrogens is 3. The third-order valence-corrected chi connectivity index (χ3v) is 6.07. The smallest absolute Gasteiger partial charge is 0.289 e. The molecule has 172 valence electrons. The van der Waals surface area contributed by atoms with Crippen molar-refractivity contribution in [2.75, 3.05) is 32.7 Å². The highest BCUT2D eigenvalue weighted by Crippen LogP contribution is 2.12. The van der Waals surface area contributed by atoms with Crippen molar-refractivity contribution in [3.8, 4) is 0 Å². The molecule has 4 rings (SSSR count). The number of carbonyl (C=O) groups is 1. The summed E-state index contributed by atoms with van der Waals surface area (Å²) in [4.78, 5) is 22.7. The summed E-state index contributed by atoms with van der Waals surface area (Å²) in [5.41, 5.74) is 0. The van der Waals surface area contributed by atoms with Crippen LogP contribution in [0.15, 0.2) is 51.6 Å². The van der Waals surface area contributed by atoms with E-state index in [1.807, 2.05) is 11.0 Å². The van der Waals surface area contributed by atoms with Gasteiger partial charge in [-0.15, -0.1) is 45.5 Å². The average Bonchev–Trinajstić information content (AvgIpc) is 3.58. The number of rotatable bonds is 7. The Labute approximate surface area is 208 Å². The van der Waals surface area contributed by atoms with Gasteiger partial charge in [0.2, 0.25) is 0 Å². The lowest BCUT2D eigenvalue weighted by molar-refractivity contribution is 0.0657. The summed E-state index contributed by atoms with van der Waals surface area (Å²) < 4.78 is 7.32. The molecule has 1 amide bonds. The predicted molar refractivity (Wildman–Crippen MR) is 134 cm³/mol. The number of aliphatic imine (C=N–C) groups is 1. The quantitative estimate of drug-likeness (QED) is 0.268. The number of amides is 1. The molecule has 9 nitrogen and oxygen atoms in total. The molecule has 3 aromatic heterocycles. The Balaban J connectivity index is 0.00000289. The molecule has 1 fully saturated rings. The highest BCUT2D eigenvalue weighted by molar-refractivity contribution is 14.0. The number of guanidine groups is 1. The summed E-state index contributed by atoms with van der Waals surface area (Å²) in [6.07, 6.45) is 4.15. The molecule has 1 aliphatic heterocycles. The van der Waals surface area contributed by atoms with Crippen LogP contribution in [0.3, 0.4) is 0 Å². The number of piperazine rings is 1. The monoisotopic (exact) mass is 569 g/mol. The van der Waals surface area contributed by atoms with E-state index in [4.69, 9.17) is 9.41 Å². The number of aryl methyl sites for hydroxylation is 1. The second-order valence-corrected chi connectivity index (χ2v) is 8.23. The van der Waals surface area contributed by atoms with E-state index < -0.39 is 0 Å². The van der Waals surface area contributed by atoms with E-state index in [0.29, 0.717) is 25.4 Å². The van der Waals surface area contributed by atoms with Crippen molar-refractivity contribution in [1.82, 2.24) is 29.9 Å². The fourth-order valence-corrected chi connectivity index (χ4v) is 4.16. The van der Waals surface area contributed by atoms with Crippen molar-refractivity contribution in [1.29, 1.82) is 0 Å². The Hall–Kier alpha value is -2.41. The van der Waals surface area contributed by atoms with Gasteiger partial charge in [-0.25, -0.2) is 4.99 Å². The number of nitrogens with one attached hydrogen (secondary N) is 1. The molecular weight excluding hydrogens is 541 g/mol. The fraction of sp³-hybridized carbons (Fsp3) is 0.429. The number of halogens is 1. The molecule has 1 saturated heterocycles. The largest absolute Gasteiger partial charge is 0.459 e. The Morgan fingerprint density at radius 1 is 1.22 bits per heavy atom. The van der Waals surface area contributed by atoms with Crippen molar-refractivity contribution in [3.05, 3.63) is 58.7 Å². The summed E-state index contributed by atoms with van der Waals surface area (Å²) in [6.45, 7) is 6.90. The summed E-state index contributed by atoms with van der Waals surface area (Å²) in [5.74, 6) is 2.17. The van der Waals surface area contributed by atoms with Gasteiger partial charge in [-0.2, -0.15) is 0 Å². The molecule has 11 heteroatoms. The minimum absolute atomic E-state index is 0. The standard InChI is InChI=1S/C21H27N7O2S.HI/c1-2-19-25-24-16-28(19)8-7-22-21(23-15-17-5-4-14-31-17)27-11-9-26(10-12-27)20(29)18-6-3-13-30-18;/h3-6,13-14,16H,2,7-12,15H2,1H3,(H,22,23);1H. The number of hydrogen-bond acceptors (Lipinski definition) is 6. The van der Waals surface area contributed by atoms with E-state index >= 15 is 0 Å². The fourth-order valence-electron chi connectivity index (χ4n) is 3.53. The molecule has 0 spiro atoms. The van der Waals surface area contributed by atoms with Crippen molar-refractivity contribution in [3.63, 3.8) is 0 Å². The SMILES string of the molecule is CCc1nncn1CCNC(=NCc1cccs1)N1CCN(C(=O)c2ccco2)CC1.I. The predicted octanol–water partition coefficient (Wildman–Crippen LogP) is 2.72. The highest BCUT2D eigenvalue weighted by atomic mass is 127. The Kier molecular flexibility index (Phi) is 9.09. The summed E-state index contributed by atoms with van der Waals surface area (Å²) >= 11 is 1.70. The van der Waals surface area contributed by atoms with Gasteiger partial charge in [0.05, 0.1) is 12.8 Å². The van der Waals surface area contributed by atoms with E-state index in [0.717, 1.165) is 44.4 Å². The third-order valence-electron chi connectivity index (χ3n) is 5.21. The van der Waals surface area contributed by atoms with Gasteiger partial charge in [0.1, 0.15) is 12.2 Å². The molecule has 1 aliphatic rings. The number of furan rings is 1. The maximum absolute atomic E-state index is 12.5. The zero-order valence-corrected chi connectivity index (χ0v) is 21.2. The van der Waals surface area contributed by atoms with E-state index in [-0.39, 0.29) is 29.9 Å². The second kappa shape index (κ2) is 12.0. The number of nitrogens with zero attached hydrogens (tertiary/aromatic N) is 6. The summed E-state index contributed by atoms with van der Waals surface area (Å²) in [6, 6.07) is 7.58. The molecule has 0 saturated carbocycles. The first-order valence-electron chi connectivity index (χ1n) is 10.5. The third kappa shape index (κ3) is 6.09. The molecule has 1 N–H and O–H groups in total. The first-order chi connectivity index (χ1) is 15.2. The number of hydrogen-bond donors (Lipinski definition) is 1. The van der Waals surface area contributed by atoms with Crippen LogP contribution in [0.4, 0.5) is 0 Å². The normalized spacial score (nSPS) is 14.3. The van der Waals surface area contributed by atoms with Crippen molar-refractivity contribution < 1.29 is 9.21 Å². The molecule has 4 heterocycles. The topological polar surface area (TPSA) is 91.8 Å². The first kappa shape index (κ1) is 24.2. The molecule has 3 aromatic rings. The van der Waals surface area contributed by atoms with Crippen LogP contribution >= 0.6 is 35.3 Å². The number of thiophene rings is 1. The van der Waals surface area contributed by atoms with Crippen molar-refractivity contribution in [2.24, 2.45) is 4.99 Å². The van der Waals surface area contributed by atoms with Gasteiger partial charge in [0.15, 0.2) is 11.7 Å². The minimum atomic E-state index is -0.0608. The van der Waals surface area contributed by atoms with Crippen molar-refractivity contribution >= 4 is 47.2 Å². The van der Waals surface area contributed by atoms with Crippen molar-refractivity contribution in [2.45, 2.75) is 26.4 Å². The van der Waals surface area contributed by atoms with Crippen LogP contribution in [0.1, 0.15) is 28.2 Å². The zero-order valence-electron chi connectivity index (χ0n) is 18.0. The summed E-state index contributed by atoms with van der Waals surface area (Å²) in [5, 5.41) is 13.7. The van der Waals surface area contributed by atoms with Gasteiger partial charge >= 0.3 is 0 Å². The highest BCUT2D eigenvalue weighted by Gasteiger charge is 2.25. The van der Waals surface area contributed by atoms with Gasteiger partial charge in [-0.05, 0) is 23.6 Å². The maximum Gasteiger partial charge on any atom is 0.289 e. The lowest BCUT2D eigenvalue weighted by Gasteiger charge is -2.36. The number of carbonyl (C=O) groups excluding carboxylic acids is 1. The molecule has 32 heavy (non-hydrogen) atoms. The molecule has 0 unspecified atom stereocenters. The molecule has 0 bridgehead atoms. The second-order valence-electron chi connectivity index (χ2n) is 7.20. The van der Waals surface area contributed by atoms with Crippen LogP contribution in [-0.4, -0.2) is 69.2 Å².